The van der Waals surface area contributed by atoms with E-state index in [9.17, 15) is 19.5 Å². The van der Waals surface area contributed by atoms with Crippen LogP contribution in [0.5, 0.6) is 5.75 Å². The van der Waals surface area contributed by atoms with Gasteiger partial charge >= 0.3 is 6.01 Å². The number of hydrogen-bond acceptors (Lipinski definition) is 8. The van der Waals surface area contributed by atoms with E-state index in [-0.39, 0.29) is 23.8 Å². The molecule has 3 aromatic rings. The highest BCUT2D eigenvalue weighted by Crippen LogP contribution is 2.26. The SMILES string of the molecule is O=C(NNc1nc2ccccc2o1)c1cn2c(c(O)c1=O)C(=O)N1CCCOC1C2. The van der Waals surface area contributed by atoms with Gasteiger partial charge in [0.15, 0.2) is 23.3 Å². The van der Waals surface area contributed by atoms with Crippen LogP contribution in [0.15, 0.2) is 39.7 Å². The number of oxazole rings is 1. The molecular weight excluding hydrogens is 394 g/mol. The number of para-hydroxylation sites is 2. The smallest absolute Gasteiger partial charge is 0.315 e. The number of nitrogens with one attached hydrogen (secondary N) is 2. The van der Waals surface area contributed by atoms with Gasteiger partial charge in [0.2, 0.25) is 5.43 Å². The van der Waals surface area contributed by atoms with Gasteiger partial charge in [-0.25, -0.2) is 0 Å². The van der Waals surface area contributed by atoms with E-state index >= 15 is 0 Å². The van der Waals surface area contributed by atoms with E-state index in [1.54, 1.807) is 24.3 Å². The summed E-state index contributed by atoms with van der Waals surface area (Å²) in [6, 6.07) is 7.07. The molecule has 2 aliphatic rings. The molecule has 0 saturated carbocycles. The van der Waals surface area contributed by atoms with E-state index in [0.29, 0.717) is 30.7 Å². The van der Waals surface area contributed by atoms with Crippen LogP contribution in [0.2, 0.25) is 0 Å². The molecule has 2 aromatic heterocycles. The standard InChI is InChI=1S/C19H17N5O6/c25-15-10(17(27)21-22-19-20-11-4-1-2-5-12(11)30-19)8-23-9-13-24(6-3-7-29-13)18(28)14(23)16(15)26/h1-2,4-5,8,13,26H,3,6-7,9H2,(H,20,22)(H,21,27). The number of pyridine rings is 1. The minimum atomic E-state index is -0.942. The van der Waals surface area contributed by atoms with Gasteiger partial charge in [-0.15, -0.1) is 0 Å². The number of benzene rings is 1. The minimum Gasteiger partial charge on any atom is -0.503 e. The predicted molar refractivity (Wildman–Crippen MR) is 103 cm³/mol. The number of rotatable bonds is 3. The summed E-state index contributed by atoms with van der Waals surface area (Å²) in [4.78, 5) is 43.4. The van der Waals surface area contributed by atoms with Crippen molar-refractivity contribution in [2.45, 2.75) is 19.2 Å². The molecule has 0 aliphatic carbocycles. The van der Waals surface area contributed by atoms with Gasteiger partial charge in [0.1, 0.15) is 11.1 Å². The van der Waals surface area contributed by atoms with Crippen LogP contribution in [0.3, 0.4) is 0 Å². The van der Waals surface area contributed by atoms with Gasteiger partial charge in [0.25, 0.3) is 11.8 Å². The maximum absolute atomic E-state index is 12.7. The highest BCUT2D eigenvalue weighted by atomic mass is 16.5. The third kappa shape index (κ3) is 2.87. The topological polar surface area (TPSA) is 139 Å². The number of carbonyl (C=O) groups is 2. The van der Waals surface area contributed by atoms with Gasteiger partial charge < -0.3 is 23.7 Å². The molecule has 1 aromatic carbocycles. The Morgan fingerprint density at radius 1 is 1.27 bits per heavy atom. The van der Waals surface area contributed by atoms with Gasteiger partial charge in [0.05, 0.1) is 13.2 Å². The summed E-state index contributed by atoms with van der Waals surface area (Å²) in [5, 5.41) is 10.4. The first-order valence-corrected chi connectivity index (χ1v) is 9.34. The molecule has 1 atom stereocenters. The number of fused-ring (bicyclic) bond motifs is 3. The van der Waals surface area contributed by atoms with Crippen LogP contribution in [-0.4, -0.2) is 50.8 Å². The van der Waals surface area contributed by atoms with Crippen molar-refractivity contribution >= 4 is 28.9 Å². The number of carbonyl (C=O) groups excluding carboxylic acids is 2. The molecule has 3 N–H and O–H groups in total. The molecular formula is C19H17N5O6. The predicted octanol–water partition coefficient (Wildman–Crippen LogP) is 0.654. The van der Waals surface area contributed by atoms with Crippen LogP contribution in [0.4, 0.5) is 6.01 Å². The van der Waals surface area contributed by atoms with Gasteiger partial charge in [-0.05, 0) is 18.6 Å². The quantitative estimate of drug-likeness (QED) is 0.534. The normalized spacial score (nSPS) is 18.1. The Morgan fingerprint density at radius 3 is 2.93 bits per heavy atom. The van der Waals surface area contributed by atoms with Crippen molar-refractivity contribution in [2.24, 2.45) is 0 Å². The van der Waals surface area contributed by atoms with Crippen molar-refractivity contribution in [3.8, 4) is 5.75 Å². The summed E-state index contributed by atoms with van der Waals surface area (Å²) in [6.07, 6.45) is 1.41. The minimum absolute atomic E-state index is 0.0354. The Balaban J connectivity index is 1.42. The first-order chi connectivity index (χ1) is 14.5. The maximum Gasteiger partial charge on any atom is 0.315 e. The Hall–Kier alpha value is -3.86. The molecule has 154 valence electrons. The molecule has 0 bridgehead atoms. The van der Waals surface area contributed by atoms with E-state index in [1.165, 1.54) is 15.7 Å². The summed E-state index contributed by atoms with van der Waals surface area (Å²) in [6.45, 7) is 1.19. The molecule has 1 fully saturated rings. The van der Waals surface area contributed by atoms with E-state index in [0.717, 1.165) is 0 Å². The summed E-state index contributed by atoms with van der Waals surface area (Å²) < 4.78 is 12.4. The zero-order valence-corrected chi connectivity index (χ0v) is 15.6. The fourth-order valence-electron chi connectivity index (χ4n) is 3.66. The van der Waals surface area contributed by atoms with Gasteiger partial charge in [-0.3, -0.25) is 25.2 Å². The van der Waals surface area contributed by atoms with Crippen molar-refractivity contribution in [1.29, 1.82) is 0 Å². The molecule has 5 rings (SSSR count). The largest absolute Gasteiger partial charge is 0.503 e. The van der Waals surface area contributed by atoms with Crippen molar-refractivity contribution < 1.29 is 23.8 Å². The lowest BCUT2D eigenvalue weighted by molar-refractivity contribution is -0.0920. The molecule has 11 heteroatoms. The van der Waals surface area contributed by atoms with Gasteiger partial charge in [0, 0.05) is 12.7 Å². The molecule has 0 spiro atoms. The lowest BCUT2D eigenvalue weighted by Gasteiger charge is -2.40. The van der Waals surface area contributed by atoms with Crippen LogP contribution in [0.1, 0.15) is 27.3 Å². The zero-order chi connectivity index (χ0) is 20.8. The maximum atomic E-state index is 12.7. The number of anilines is 1. The second kappa shape index (κ2) is 6.88. The number of aromatic nitrogens is 2. The summed E-state index contributed by atoms with van der Waals surface area (Å²) in [5.74, 6) is -2.08. The van der Waals surface area contributed by atoms with Crippen LogP contribution < -0.4 is 16.3 Å². The summed E-state index contributed by atoms with van der Waals surface area (Å²) in [7, 11) is 0. The molecule has 11 nitrogen and oxygen atoms in total. The van der Waals surface area contributed by atoms with Gasteiger partial charge in [-0.1, -0.05) is 12.1 Å². The second-order valence-electron chi connectivity index (χ2n) is 6.96. The monoisotopic (exact) mass is 411 g/mol. The number of hydrogen-bond donors (Lipinski definition) is 3. The molecule has 30 heavy (non-hydrogen) atoms. The van der Waals surface area contributed by atoms with E-state index < -0.39 is 29.2 Å². The molecule has 4 heterocycles. The van der Waals surface area contributed by atoms with E-state index in [2.05, 4.69) is 15.8 Å². The van der Waals surface area contributed by atoms with Crippen molar-refractivity contribution in [1.82, 2.24) is 19.9 Å². The second-order valence-corrected chi connectivity index (χ2v) is 6.96. The highest BCUT2D eigenvalue weighted by molar-refractivity contribution is 5.99. The number of aromatic hydroxyl groups is 1. The average Bonchev–Trinajstić information content (AvgIpc) is 3.17. The Bertz CT molecular complexity index is 1200. The zero-order valence-electron chi connectivity index (χ0n) is 15.6. The highest BCUT2D eigenvalue weighted by Gasteiger charge is 2.38. The number of hydrazine groups is 1. The van der Waals surface area contributed by atoms with Crippen molar-refractivity contribution in [2.75, 3.05) is 18.6 Å². The summed E-state index contributed by atoms with van der Waals surface area (Å²) >= 11 is 0. The Morgan fingerprint density at radius 2 is 2.10 bits per heavy atom. The lowest BCUT2D eigenvalue weighted by Crippen LogP contribution is -2.53. The Kier molecular flexibility index (Phi) is 4.17. The molecule has 1 unspecified atom stereocenters. The molecule has 2 amide bonds. The first-order valence-electron chi connectivity index (χ1n) is 9.34. The van der Waals surface area contributed by atoms with Crippen LogP contribution in [-0.2, 0) is 11.3 Å². The molecule has 2 aliphatic heterocycles. The number of amides is 2. The van der Waals surface area contributed by atoms with E-state index in [4.69, 9.17) is 9.15 Å². The lowest BCUT2D eigenvalue weighted by atomic mass is 10.1. The molecule has 1 saturated heterocycles. The first kappa shape index (κ1) is 18.2. The fraction of sp³-hybridized carbons (Fsp3) is 0.263. The Labute approximate surface area is 168 Å². The van der Waals surface area contributed by atoms with Crippen LogP contribution >= 0.6 is 0 Å². The van der Waals surface area contributed by atoms with Crippen LogP contribution in [0, 0.1) is 0 Å². The van der Waals surface area contributed by atoms with E-state index in [1.807, 2.05) is 0 Å². The van der Waals surface area contributed by atoms with Crippen molar-refractivity contribution in [3.05, 3.63) is 51.9 Å². The summed E-state index contributed by atoms with van der Waals surface area (Å²) in [5.41, 5.74) is 4.52. The average molecular weight is 411 g/mol. The molecule has 0 radical (unpaired) electrons. The van der Waals surface area contributed by atoms with Gasteiger partial charge in [-0.2, -0.15) is 4.98 Å². The van der Waals surface area contributed by atoms with Crippen molar-refractivity contribution in [3.63, 3.8) is 0 Å². The van der Waals surface area contributed by atoms with Crippen LogP contribution in [0.25, 0.3) is 11.1 Å². The third-order valence-electron chi connectivity index (χ3n) is 5.10. The third-order valence-corrected chi connectivity index (χ3v) is 5.10. The number of nitrogens with zero attached hydrogens (tertiary/aromatic N) is 3. The number of ether oxygens (including phenoxy) is 1. The fourth-order valence-corrected chi connectivity index (χ4v) is 3.66.